The molecule has 2 aliphatic carbocycles. The maximum absolute atomic E-state index is 13.2. The van der Waals surface area contributed by atoms with Gasteiger partial charge in [-0.1, -0.05) is 37.5 Å². The number of halogens is 2. The highest BCUT2D eigenvalue weighted by atomic mass is 19.2. The fourth-order valence-electron chi connectivity index (χ4n) is 4.31. The van der Waals surface area contributed by atoms with Crippen LogP contribution in [0.1, 0.15) is 66.4 Å². The molecule has 2 saturated carbocycles. The van der Waals surface area contributed by atoms with E-state index in [4.69, 9.17) is 0 Å². The topological polar surface area (TPSA) is 29.1 Å². The van der Waals surface area contributed by atoms with Crippen LogP contribution in [0.25, 0.3) is 0 Å². The van der Waals surface area contributed by atoms with Crippen LogP contribution in [0, 0.1) is 34.8 Å². The fourth-order valence-corrected chi connectivity index (χ4v) is 4.31. The van der Waals surface area contributed by atoms with Gasteiger partial charge in [-0.2, -0.15) is 0 Å². The third kappa shape index (κ3) is 5.03. The van der Waals surface area contributed by atoms with Crippen molar-refractivity contribution in [3.05, 3.63) is 70.8 Å². The number of rotatable bonds is 5. The lowest BCUT2D eigenvalue weighted by Gasteiger charge is -2.29. The molecule has 0 spiro atoms. The van der Waals surface area contributed by atoms with Gasteiger partial charge in [-0.25, -0.2) is 8.78 Å². The number of amides is 1. The molecule has 2 fully saturated rings. The Morgan fingerprint density at radius 3 is 2.28 bits per heavy atom. The van der Waals surface area contributed by atoms with E-state index < -0.39 is 11.6 Å². The molecule has 2 nitrogen and oxygen atoms in total. The van der Waals surface area contributed by atoms with Gasteiger partial charge in [0.2, 0.25) is 0 Å². The van der Waals surface area contributed by atoms with Crippen LogP contribution >= 0.6 is 0 Å². The summed E-state index contributed by atoms with van der Waals surface area (Å²) < 4.78 is 26.2. The predicted molar refractivity (Wildman–Crippen MR) is 109 cm³/mol. The van der Waals surface area contributed by atoms with Gasteiger partial charge in [-0.15, -0.1) is 0 Å². The van der Waals surface area contributed by atoms with Crippen molar-refractivity contribution in [1.82, 2.24) is 5.32 Å². The van der Waals surface area contributed by atoms with Crippen LogP contribution in [0.4, 0.5) is 8.78 Å². The molecule has 2 aliphatic rings. The Bertz CT molecular complexity index is 945. The number of benzene rings is 2. The van der Waals surface area contributed by atoms with Gasteiger partial charge >= 0.3 is 0 Å². The van der Waals surface area contributed by atoms with Crippen molar-refractivity contribution in [2.24, 2.45) is 11.3 Å². The molecule has 0 aromatic heterocycles. The standard InChI is InChI=1S/C25H25F2NO/c26-22-12-9-19(15-23(22)27)4-3-18-7-10-21(11-8-18)24(29)28-17-25(13-1-2-14-25)16-20-5-6-20/h7-12,15,20H,1-2,5-6,13-14,16-17H2,(H,28,29). The minimum atomic E-state index is -0.912. The van der Waals surface area contributed by atoms with Crippen molar-refractivity contribution < 1.29 is 13.6 Å². The molecule has 1 N–H and O–H groups in total. The SMILES string of the molecule is O=C(NCC1(CC2CC2)CCCC1)c1ccc(C#Cc2ccc(F)c(F)c2)cc1. The monoisotopic (exact) mass is 393 g/mol. The van der Waals surface area contributed by atoms with Crippen LogP contribution < -0.4 is 5.32 Å². The van der Waals surface area contributed by atoms with Crippen LogP contribution in [-0.2, 0) is 0 Å². The van der Waals surface area contributed by atoms with E-state index in [1.165, 1.54) is 51.0 Å². The van der Waals surface area contributed by atoms with Gasteiger partial charge in [0, 0.05) is 23.2 Å². The first-order valence-electron chi connectivity index (χ1n) is 10.4. The Hall–Kier alpha value is -2.67. The minimum absolute atomic E-state index is 0.0489. The van der Waals surface area contributed by atoms with Crippen LogP contribution in [0.5, 0.6) is 0 Å². The van der Waals surface area contributed by atoms with Gasteiger partial charge in [0.25, 0.3) is 5.91 Å². The average molecular weight is 393 g/mol. The lowest BCUT2D eigenvalue weighted by Crippen LogP contribution is -2.36. The van der Waals surface area contributed by atoms with Crippen molar-refractivity contribution >= 4 is 5.91 Å². The molecule has 4 rings (SSSR count). The Labute approximate surface area is 170 Å². The maximum atomic E-state index is 13.2. The van der Waals surface area contributed by atoms with Crippen molar-refractivity contribution in [2.75, 3.05) is 6.54 Å². The zero-order valence-corrected chi connectivity index (χ0v) is 16.4. The molecule has 0 unspecified atom stereocenters. The first-order chi connectivity index (χ1) is 14.0. The summed E-state index contributed by atoms with van der Waals surface area (Å²) in [6, 6.07) is 10.6. The molecule has 0 radical (unpaired) electrons. The first kappa shape index (κ1) is 19.6. The lowest BCUT2D eigenvalue weighted by atomic mass is 9.80. The second kappa shape index (κ2) is 8.37. The molecule has 29 heavy (non-hydrogen) atoms. The largest absolute Gasteiger partial charge is 0.351 e. The van der Waals surface area contributed by atoms with Crippen molar-refractivity contribution in [3.8, 4) is 11.8 Å². The zero-order chi connectivity index (χ0) is 20.3. The van der Waals surface area contributed by atoms with E-state index in [1.54, 1.807) is 24.3 Å². The van der Waals surface area contributed by atoms with E-state index >= 15 is 0 Å². The molecule has 2 aromatic carbocycles. The molecule has 2 aromatic rings. The summed E-state index contributed by atoms with van der Waals surface area (Å²) in [5.74, 6) is 4.75. The maximum Gasteiger partial charge on any atom is 0.251 e. The van der Waals surface area contributed by atoms with Crippen LogP contribution in [0.2, 0.25) is 0 Å². The summed E-state index contributed by atoms with van der Waals surface area (Å²) in [6.45, 7) is 0.764. The third-order valence-corrected chi connectivity index (χ3v) is 6.12. The second-order valence-corrected chi connectivity index (χ2v) is 8.49. The highest BCUT2D eigenvalue weighted by Gasteiger charge is 2.39. The zero-order valence-electron chi connectivity index (χ0n) is 16.4. The fraction of sp³-hybridized carbons (Fsp3) is 0.400. The van der Waals surface area contributed by atoms with E-state index in [-0.39, 0.29) is 5.91 Å². The van der Waals surface area contributed by atoms with Gasteiger partial charge in [0.1, 0.15) is 0 Å². The molecule has 0 aliphatic heterocycles. The summed E-state index contributed by atoms with van der Waals surface area (Å²) in [5, 5.41) is 3.15. The Balaban J connectivity index is 1.36. The van der Waals surface area contributed by atoms with Gasteiger partial charge in [-0.3, -0.25) is 4.79 Å². The molecule has 0 saturated heterocycles. The van der Waals surface area contributed by atoms with Crippen LogP contribution in [-0.4, -0.2) is 12.5 Å². The Morgan fingerprint density at radius 2 is 1.62 bits per heavy atom. The molecule has 0 bridgehead atoms. The van der Waals surface area contributed by atoms with Crippen molar-refractivity contribution in [3.63, 3.8) is 0 Å². The van der Waals surface area contributed by atoms with E-state index in [0.717, 1.165) is 24.6 Å². The first-order valence-corrected chi connectivity index (χ1v) is 10.4. The molecule has 150 valence electrons. The third-order valence-electron chi connectivity index (χ3n) is 6.12. The van der Waals surface area contributed by atoms with E-state index in [2.05, 4.69) is 17.2 Å². The summed E-state index contributed by atoms with van der Waals surface area (Å²) >= 11 is 0. The number of carbonyl (C=O) groups excluding carboxylic acids is 1. The second-order valence-electron chi connectivity index (χ2n) is 8.49. The number of hydrogen-bond donors (Lipinski definition) is 1. The summed E-state index contributed by atoms with van der Waals surface area (Å²) in [6.07, 6.45) is 8.95. The average Bonchev–Trinajstić information content (AvgIpc) is 3.42. The quantitative estimate of drug-likeness (QED) is 0.672. The normalized spacial score (nSPS) is 17.4. The molecule has 0 heterocycles. The minimum Gasteiger partial charge on any atom is -0.351 e. The lowest BCUT2D eigenvalue weighted by molar-refractivity contribution is 0.0925. The van der Waals surface area contributed by atoms with E-state index in [9.17, 15) is 13.6 Å². The van der Waals surface area contributed by atoms with E-state index in [0.29, 0.717) is 22.1 Å². The molecular weight excluding hydrogens is 368 g/mol. The predicted octanol–water partition coefficient (Wildman–Crippen LogP) is 5.45. The Kier molecular flexibility index (Phi) is 5.67. The van der Waals surface area contributed by atoms with Crippen LogP contribution in [0.15, 0.2) is 42.5 Å². The number of hydrogen-bond acceptors (Lipinski definition) is 1. The summed E-state index contributed by atoms with van der Waals surface area (Å²) in [4.78, 5) is 12.6. The van der Waals surface area contributed by atoms with Gasteiger partial charge in [0.05, 0.1) is 0 Å². The molecule has 0 atom stereocenters. The highest BCUT2D eigenvalue weighted by molar-refractivity contribution is 5.94. The number of nitrogens with one attached hydrogen (secondary N) is 1. The smallest absolute Gasteiger partial charge is 0.251 e. The van der Waals surface area contributed by atoms with Crippen molar-refractivity contribution in [1.29, 1.82) is 0 Å². The van der Waals surface area contributed by atoms with Crippen molar-refractivity contribution in [2.45, 2.75) is 44.9 Å². The van der Waals surface area contributed by atoms with E-state index in [1.807, 2.05) is 0 Å². The highest BCUT2D eigenvalue weighted by Crippen LogP contribution is 2.48. The number of carbonyl (C=O) groups is 1. The van der Waals surface area contributed by atoms with Gasteiger partial charge in [0.15, 0.2) is 11.6 Å². The molecule has 4 heteroatoms. The van der Waals surface area contributed by atoms with Gasteiger partial charge < -0.3 is 5.32 Å². The Morgan fingerprint density at radius 1 is 0.966 bits per heavy atom. The summed E-state index contributed by atoms with van der Waals surface area (Å²) in [5.41, 5.74) is 2.03. The molecular formula is C25H25F2NO. The summed E-state index contributed by atoms with van der Waals surface area (Å²) in [7, 11) is 0. The van der Waals surface area contributed by atoms with Crippen LogP contribution in [0.3, 0.4) is 0 Å². The van der Waals surface area contributed by atoms with Gasteiger partial charge in [-0.05, 0) is 73.1 Å². The molecule has 1 amide bonds.